The summed E-state index contributed by atoms with van der Waals surface area (Å²) in [5, 5.41) is 9.81. The number of nitrogens with two attached hydrogens (primary N) is 1. The minimum Gasteiger partial charge on any atom is -0.493 e. The van der Waals surface area contributed by atoms with Gasteiger partial charge in [0.2, 0.25) is 0 Å². The fourth-order valence-corrected chi connectivity index (χ4v) is 1.61. The molecule has 4 heteroatoms. The number of nitrogens with zero attached hydrogens (tertiary/aromatic N) is 1. The third-order valence-electron chi connectivity index (χ3n) is 2.59. The van der Waals surface area contributed by atoms with E-state index < -0.39 is 0 Å². The van der Waals surface area contributed by atoms with Gasteiger partial charge in [-0.3, -0.25) is 4.98 Å². The number of aromatic nitrogens is 1. The van der Waals surface area contributed by atoms with Crippen LogP contribution in [0.1, 0.15) is 6.42 Å². The molecule has 0 bridgehead atoms. The Kier molecular flexibility index (Phi) is 3.90. The highest BCUT2D eigenvalue weighted by atomic mass is 16.5. The average Bonchev–Trinajstić information content (AvgIpc) is 2.39. The van der Waals surface area contributed by atoms with E-state index in [1.165, 1.54) is 0 Å². The van der Waals surface area contributed by atoms with Crippen LogP contribution in [0.3, 0.4) is 0 Å². The lowest BCUT2D eigenvalue weighted by Crippen LogP contribution is -2.26. The molecule has 2 aromatic rings. The molecular formula is C13H16N2O2. The molecule has 1 aromatic heterocycles. The lowest BCUT2D eigenvalue weighted by atomic mass is 10.2. The van der Waals surface area contributed by atoms with E-state index in [4.69, 9.17) is 15.6 Å². The number of hydrogen-bond donors (Lipinski definition) is 2. The summed E-state index contributed by atoms with van der Waals surface area (Å²) in [5.41, 5.74) is 6.52. The number of ether oxygens (including phenoxy) is 1. The van der Waals surface area contributed by atoms with Gasteiger partial charge in [-0.15, -0.1) is 0 Å². The maximum absolute atomic E-state index is 8.81. The molecular weight excluding hydrogens is 216 g/mol. The SMILES string of the molecule is NC(CO)CCOc1cccc2ncccc12. The summed E-state index contributed by atoms with van der Waals surface area (Å²) >= 11 is 0. The van der Waals surface area contributed by atoms with Gasteiger partial charge in [0.05, 0.1) is 18.7 Å². The van der Waals surface area contributed by atoms with Crippen LogP contribution in [0.4, 0.5) is 0 Å². The second-order valence-corrected chi connectivity index (χ2v) is 3.91. The molecule has 17 heavy (non-hydrogen) atoms. The van der Waals surface area contributed by atoms with E-state index in [1.54, 1.807) is 6.20 Å². The smallest absolute Gasteiger partial charge is 0.128 e. The first kappa shape index (κ1) is 11.8. The number of fused-ring (bicyclic) bond motifs is 1. The molecule has 1 aromatic carbocycles. The van der Waals surface area contributed by atoms with Crippen molar-refractivity contribution < 1.29 is 9.84 Å². The van der Waals surface area contributed by atoms with Gasteiger partial charge >= 0.3 is 0 Å². The first-order valence-electron chi connectivity index (χ1n) is 5.64. The third-order valence-corrected chi connectivity index (χ3v) is 2.59. The normalized spacial score (nSPS) is 12.6. The molecule has 3 N–H and O–H groups in total. The minimum absolute atomic E-state index is 0.0134. The summed E-state index contributed by atoms with van der Waals surface area (Å²) in [5.74, 6) is 0.806. The number of pyridine rings is 1. The van der Waals surface area contributed by atoms with E-state index in [9.17, 15) is 0 Å². The molecule has 0 fully saturated rings. The van der Waals surface area contributed by atoms with Crippen molar-refractivity contribution >= 4 is 10.9 Å². The molecule has 0 aliphatic carbocycles. The molecule has 0 amide bonds. The molecule has 4 nitrogen and oxygen atoms in total. The Balaban J connectivity index is 2.08. The van der Waals surface area contributed by atoms with E-state index in [1.807, 2.05) is 30.3 Å². The van der Waals surface area contributed by atoms with Crippen LogP contribution in [-0.4, -0.2) is 29.3 Å². The number of aliphatic hydroxyl groups excluding tert-OH is 1. The second-order valence-electron chi connectivity index (χ2n) is 3.91. The van der Waals surface area contributed by atoms with Gasteiger partial charge in [0.25, 0.3) is 0 Å². The number of rotatable bonds is 5. The molecule has 0 saturated heterocycles. The van der Waals surface area contributed by atoms with E-state index in [2.05, 4.69) is 4.98 Å². The summed E-state index contributed by atoms with van der Waals surface area (Å²) in [4.78, 5) is 4.26. The molecule has 90 valence electrons. The lowest BCUT2D eigenvalue weighted by Gasteiger charge is -2.11. The van der Waals surface area contributed by atoms with Crippen LogP contribution in [0.15, 0.2) is 36.5 Å². The Morgan fingerprint density at radius 1 is 1.29 bits per heavy atom. The van der Waals surface area contributed by atoms with Gasteiger partial charge < -0.3 is 15.6 Å². The fourth-order valence-electron chi connectivity index (χ4n) is 1.61. The van der Waals surface area contributed by atoms with Crippen LogP contribution in [0.2, 0.25) is 0 Å². The molecule has 1 unspecified atom stereocenters. The van der Waals surface area contributed by atoms with E-state index in [-0.39, 0.29) is 12.6 Å². The predicted molar refractivity (Wildman–Crippen MR) is 66.9 cm³/mol. The number of hydrogen-bond acceptors (Lipinski definition) is 4. The predicted octanol–water partition coefficient (Wildman–Crippen LogP) is 1.32. The zero-order valence-corrected chi connectivity index (χ0v) is 9.54. The zero-order chi connectivity index (χ0) is 12.1. The van der Waals surface area contributed by atoms with Gasteiger partial charge in [0.15, 0.2) is 0 Å². The third kappa shape index (κ3) is 2.93. The monoisotopic (exact) mass is 232 g/mol. The van der Waals surface area contributed by atoms with Crippen molar-refractivity contribution in [2.24, 2.45) is 5.73 Å². The second kappa shape index (κ2) is 5.61. The van der Waals surface area contributed by atoms with E-state index >= 15 is 0 Å². The largest absolute Gasteiger partial charge is 0.493 e. The summed E-state index contributed by atoms with van der Waals surface area (Å²) in [7, 11) is 0. The quantitative estimate of drug-likeness (QED) is 0.816. The van der Waals surface area contributed by atoms with E-state index in [0.29, 0.717) is 13.0 Å². The first-order valence-corrected chi connectivity index (χ1v) is 5.64. The Bertz CT molecular complexity index is 482. The standard InChI is InChI=1S/C13H16N2O2/c14-10(9-16)6-8-17-13-5-1-4-12-11(13)3-2-7-15-12/h1-5,7,10,16H,6,8-9,14H2. The van der Waals surface area contributed by atoms with Crippen LogP contribution < -0.4 is 10.5 Å². The molecule has 1 heterocycles. The van der Waals surface area contributed by atoms with Gasteiger partial charge in [-0.25, -0.2) is 0 Å². The van der Waals surface area contributed by atoms with Gasteiger partial charge in [-0.1, -0.05) is 6.07 Å². The van der Waals surface area contributed by atoms with Crippen LogP contribution >= 0.6 is 0 Å². The average molecular weight is 232 g/mol. The first-order chi connectivity index (χ1) is 8.31. The highest BCUT2D eigenvalue weighted by molar-refractivity contribution is 5.84. The molecule has 1 atom stereocenters. The molecule has 0 aliphatic rings. The van der Waals surface area contributed by atoms with Crippen LogP contribution in [0.5, 0.6) is 5.75 Å². The molecule has 0 saturated carbocycles. The van der Waals surface area contributed by atoms with E-state index in [0.717, 1.165) is 16.7 Å². The molecule has 2 rings (SSSR count). The van der Waals surface area contributed by atoms with Crippen molar-refractivity contribution in [3.05, 3.63) is 36.5 Å². The van der Waals surface area contributed by atoms with Gasteiger partial charge in [-0.05, 0) is 30.7 Å². The highest BCUT2D eigenvalue weighted by Gasteiger charge is 2.04. The summed E-state index contributed by atoms with van der Waals surface area (Å²) < 4.78 is 5.66. The van der Waals surface area contributed by atoms with Gasteiger partial charge in [0.1, 0.15) is 5.75 Å². The van der Waals surface area contributed by atoms with Crippen LogP contribution in [0.25, 0.3) is 10.9 Å². The Morgan fingerprint density at radius 3 is 3.00 bits per heavy atom. The van der Waals surface area contributed by atoms with Crippen molar-refractivity contribution in [1.29, 1.82) is 0 Å². The Labute approximate surface area is 100 Å². The number of benzene rings is 1. The maximum atomic E-state index is 8.81. The van der Waals surface area contributed by atoms with Crippen molar-refractivity contribution in [2.75, 3.05) is 13.2 Å². The molecule has 0 aliphatic heterocycles. The summed E-state index contributed by atoms with van der Waals surface area (Å²) in [6, 6.07) is 9.41. The Morgan fingerprint density at radius 2 is 2.18 bits per heavy atom. The number of aliphatic hydroxyl groups is 1. The molecule has 0 spiro atoms. The summed E-state index contributed by atoms with van der Waals surface area (Å²) in [6.45, 7) is 0.482. The minimum atomic E-state index is -0.219. The fraction of sp³-hybridized carbons (Fsp3) is 0.308. The highest BCUT2D eigenvalue weighted by Crippen LogP contribution is 2.23. The van der Waals surface area contributed by atoms with Crippen LogP contribution in [-0.2, 0) is 0 Å². The van der Waals surface area contributed by atoms with Crippen molar-refractivity contribution in [3.8, 4) is 5.75 Å². The Hall–Kier alpha value is -1.65. The maximum Gasteiger partial charge on any atom is 0.128 e. The molecule has 0 radical (unpaired) electrons. The van der Waals surface area contributed by atoms with Crippen molar-refractivity contribution in [1.82, 2.24) is 4.98 Å². The summed E-state index contributed by atoms with van der Waals surface area (Å²) in [6.07, 6.45) is 2.39. The van der Waals surface area contributed by atoms with Crippen molar-refractivity contribution in [2.45, 2.75) is 12.5 Å². The van der Waals surface area contributed by atoms with Gasteiger partial charge in [0, 0.05) is 17.6 Å². The topological polar surface area (TPSA) is 68.4 Å². The lowest BCUT2D eigenvalue weighted by molar-refractivity contribution is 0.231. The zero-order valence-electron chi connectivity index (χ0n) is 9.54. The van der Waals surface area contributed by atoms with Gasteiger partial charge in [-0.2, -0.15) is 0 Å². The van der Waals surface area contributed by atoms with Crippen molar-refractivity contribution in [3.63, 3.8) is 0 Å². The van der Waals surface area contributed by atoms with Crippen LogP contribution in [0, 0.1) is 0 Å².